The Bertz CT molecular complexity index is 970. The Labute approximate surface area is 202 Å². The molecule has 0 amide bonds. The minimum Gasteiger partial charge on any atom is -0.296 e. The van der Waals surface area contributed by atoms with E-state index in [-0.39, 0.29) is 17.2 Å². The van der Waals surface area contributed by atoms with Gasteiger partial charge in [0, 0.05) is 58.8 Å². The summed E-state index contributed by atoms with van der Waals surface area (Å²) in [5.41, 5.74) is 1.19. The fourth-order valence-corrected chi connectivity index (χ4v) is 10.2. The van der Waals surface area contributed by atoms with Gasteiger partial charge in [-0.05, 0) is 11.1 Å². The van der Waals surface area contributed by atoms with E-state index in [1.165, 1.54) is 24.3 Å². The number of non-ortho nitro benzene ring substituents is 2. The van der Waals surface area contributed by atoms with Gasteiger partial charge in [0.2, 0.25) is 0 Å². The van der Waals surface area contributed by atoms with Gasteiger partial charge >= 0.3 is 0 Å². The van der Waals surface area contributed by atoms with E-state index in [4.69, 9.17) is 0 Å². The summed E-state index contributed by atoms with van der Waals surface area (Å²) in [6.07, 6.45) is 0. The van der Waals surface area contributed by atoms with Gasteiger partial charge in [0.1, 0.15) is 9.49 Å². The van der Waals surface area contributed by atoms with Crippen molar-refractivity contribution in [3.63, 3.8) is 0 Å². The Morgan fingerprint density at radius 3 is 1.53 bits per heavy atom. The van der Waals surface area contributed by atoms with E-state index in [1.807, 2.05) is 0 Å². The van der Waals surface area contributed by atoms with Gasteiger partial charge in [0.15, 0.2) is 5.78 Å². The third-order valence-electron chi connectivity index (χ3n) is 5.54. The van der Waals surface area contributed by atoms with Crippen LogP contribution in [-0.2, 0) is 14.3 Å². The van der Waals surface area contributed by atoms with E-state index in [0.717, 1.165) is 23.0 Å². The van der Waals surface area contributed by atoms with Gasteiger partial charge in [0.25, 0.3) is 11.4 Å². The standard InChI is InChI=1S/C21H20N2O5S4/c24-19(20(13-29-7-9-31-20)15-3-1-5-17(11-15)22(25)26)21(14-30-8-10-32-21)16-4-2-6-18(12-16)23(27)28/h1-6,11-12H,7-10,13-14H2. The molecule has 0 spiro atoms. The molecule has 0 bridgehead atoms. The van der Waals surface area contributed by atoms with Crippen molar-refractivity contribution >= 4 is 64.2 Å². The number of nitro benzene ring substituents is 2. The van der Waals surface area contributed by atoms with Crippen LogP contribution in [0.1, 0.15) is 11.1 Å². The number of thioether (sulfide) groups is 4. The van der Waals surface area contributed by atoms with Crippen LogP contribution in [0.4, 0.5) is 11.4 Å². The smallest absolute Gasteiger partial charge is 0.269 e. The van der Waals surface area contributed by atoms with Crippen LogP contribution in [0.5, 0.6) is 0 Å². The van der Waals surface area contributed by atoms with Crippen molar-refractivity contribution in [2.24, 2.45) is 0 Å². The first-order chi connectivity index (χ1) is 15.4. The van der Waals surface area contributed by atoms with Crippen LogP contribution in [-0.4, -0.2) is 50.1 Å². The van der Waals surface area contributed by atoms with Crippen LogP contribution < -0.4 is 0 Å². The van der Waals surface area contributed by atoms with E-state index < -0.39 is 19.3 Å². The van der Waals surface area contributed by atoms with Gasteiger partial charge in [-0.2, -0.15) is 23.5 Å². The molecule has 0 N–H and O–H groups in total. The van der Waals surface area contributed by atoms with E-state index in [0.29, 0.717) is 22.6 Å². The maximum absolute atomic E-state index is 14.6. The number of hydrogen-bond donors (Lipinski definition) is 0. The third kappa shape index (κ3) is 4.27. The van der Waals surface area contributed by atoms with Crippen LogP contribution in [0.2, 0.25) is 0 Å². The van der Waals surface area contributed by atoms with Gasteiger partial charge < -0.3 is 0 Å². The molecular weight excluding hydrogens is 489 g/mol. The molecule has 2 heterocycles. The molecule has 11 heteroatoms. The van der Waals surface area contributed by atoms with E-state index in [9.17, 15) is 25.0 Å². The summed E-state index contributed by atoms with van der Waals surface area (Å²) in [6.45, 7) is 0. The van der Waals surface area contributed by atoms with Crippen LogP contribution >= 0.6 is 47.0 Å². The van der Waals surface area contributed by atoms with Crippen LogP contribution in [0.15, 0.2) is 48.5 Å². The molecule has 32 heavy (non-hydrogen) atoms. The van der Waals surface area contributed by atoms with Crippen molar-refractivity contribution in [1.29, 1.82) is 0 Å². The zero-order valence-corrected chi connectivity index (χ0v) is 20.2. The number of ketones is 1. The number of hydrogen-bond acceptors (Lipinski definition) is 9. The van der Waals surface area contributed by atoms with E-state index >= 15 is 0 Å². The van der Waals surface area contributed by atoms with Crippen molar-refractivity contribution in [1.82, 2.24) is 0 Å². The number of carbonyl (C=O) groups excluding carboxylic acids is 1. The van der Waals surface area contributed by atoms with Gasteiger partial charge in [0.05, 0.1) is 9.85 Å². The molecule has 2 saturated heterocycles. The number of Topliss-reactive ketones (excluding diaryl/α,β-unsaturated/α-hetero) is 1. The summed E-state index contributed by atoms with van der Waals surface area (Å²) in [5, 5.41) is 22.9. The molecule has 2 aromatic carbocycles. The summed E-state index contributed by atoms with van der Waals surface area (Å²) >= 11 is 6.42. The predicted molar refractivity (Wildman–Crippen MR) is 134 cm³/mol. The SMILES string of the molecule is O=C(C1(c2cccc([N+](=O)[O-])c2)CSCCS1)C1(c2cccc([N+](=O)[O-])c2)CSCCS1. The van der Waals surface area contributed by atoms with Crippen LogP contribution in [0.25, 0.3) is 0 Å². The van der Waals surface area contributed by atoms with Crippen LogP contribution in [0.3, 0.4) is 0 Å². The first-order valence-corrected chi connectivity index (χ1v) is 14.2. The van der Waals surface area contributed by atoms with Gasteiger partial charge in [-0.3, -0.25) is 25.0 Å². The summed E-state index contributed by atoms with van der Waals surface area (Å²) in [5.74, 6) is 4.31. The lowest BCUT2D eigenvalue weighted by atomic mass is 9.83. The van der Waals surface area contributed by atoms with Crippen molar-refractivity contribution in [2.75, 3.05) is 34.5 Å². The molecule has 0 saturated carbocycles. The molecule has 0 aliphatic carbocycles. The zero-order valence-electron chi connectivity index (χ0n) is 16.9. The zero-order chi connectivity index (χ0) is 22.8. The largest absolute Gasteiger partial charge is 0.296 e. The van der Waals surface area contributed by atoms with Crippen molar-refractivity contribution in [3.05, 3.63) is 79.9 Å². The Morgan fingerprint density at radius 2 is 1.19 bits per heavy atom. The molecular formula is C21H20N2O5S4. The van der Waals surface area contributed by atoms with Crippen molar-refractivity contribution in [3.8, 4) is 0 Å². The summed E-state index contributed by atoms with van der Waals surface area (Å²) < 4.78 is -1.91. The average molecular weight is 509 g/mol. The minimum absolute atomic E-state index is 0.0274. The Hall–Kier alpha value is -1.69. The predicted octanol–water partition coefficient (Wildman–Crippen LogP) is 5.12. The number of nitro groups is 2. The second-order valence-electron chi connectivity index (χ2n) is 7.40. The lowest BCUT2D eigenvalue weighted by Crippen LogP contribution is -2.51. The fraction of sp³-hybridized carbons (Fsp3) is 0.381. The molecule has 2 aliphatic heterocycles. The molecule has 2 fully saturated rings. The highest BCUT2D eigenvalue weighted by Crippen LogP contribution is 2.54. The summed E-state index contributed by atoms with van der Waals surface area (Å²) in [4.78, 5) is 36.5. The number of benzene rings is 2. The summed E-state index contributed by atoms with van der Waals surface area (Å²) in [7, 11) is 0. The maximum atomic E-state index is 14.6. The highest BCUT2D eigenvalue weighted by Gasteiger charge is 2.54. The highest BCUT2D eigenvalue weighted by atomic mass is 32.2. The average Bonchev–Trinajstić information content (AvgIpc) is 2.84. The second-order valence-corrected chi connectivity index (χ2v) is 12.4. The van der Waals surface area contributed by atoms with Crippen molar-refractivity contribution in [2.45, 2.75) is 9.49 Å². The number of rotatable bonds is 6. The molecule has 2 atom stereocenters. The van der Waals surface area contributed by atoms with Crippen LogP contribution in [0, 0.1) is 20.2 Å². The van der Waals surface area contributed by atoms with Gasteiger partial charge in [-0.25, -0.2) is 0 Å². The molecule has 2 aliphatic rings. The van der Waals surface area contributed by atoms with E-state index in [1.54, 1.807) is 71.3 Å². The second kappa shape index (κ2) is 9.66. The molecule has 2 unspecified atom stereocenters. The molecule has 0 radical (unpaired) electrons. The molecule has 4 rings (SSSR count). The quantitative estimate of drug-likeness (QED) is 0.388. The lowest BCUT2D eigenvalue weighted by molar-refractivity contribution is -0.385. The molecule has 2 aromatic rings. The monoisotopic (exact) mass is 508 g/mol. The third-order valence-corrected chi connectivity index (χ3v) is 11.6. The van der Waals surface area contributed by atoms with Gasteiger partial charge in [-0.1, -0.05) is 24.3 Å². The molecule has 168 valence electrons. The number of carbonyl (C=O) groups is 1. The lowest BCUT2D eigenvalue weighted by Gasteiger charge is -2.44. The molecule has 0 aromatic heterocycles. The summed E-state index contributed by atoms with van der Waals surface area (Å²) in [6, 6.07) is 12.7. The maximum Gasteiger partial charge on any atom is 0.269 e. The first kappa shape index (κ1) is 23.5. The van der Waals surface area contributed by atoms with Gasteiger partial charge in [-0.15, -0.1) is 23.5 Å². The van der Waals surface area contributed by atoms with Crippen molar-refractivity contribution < 1.29 is 14.6 Å². The number of nitrogens with zero attached hydrogens (tertiary/aromatic N) is 2. The Kier molecular flexibility index (Phi) is 7.09. The fourth-order valence-electron chi connectivity index (χ4n) is 3.99. The highest BCUT2D eigenvalue weighted by molar-refractivity contribution is 8.08. The molecule has 7 nitrogen and oxygen atoms in total. The minimum atomic E-state index is -0.954. The topological polar surface area (TPSA) is 103 Å². The Balaban J connectivity index is 1.87. The normalized spacial score (nSPS) is 25.8. The Morgan fingerprint density at radius 1 is 0.750 bits per heavy atom. The first-order valence-electron chi connectivity index (χ1n) is 9.87. The van der Waals surface area contributed by atoms with E-state index in [2.05, 4.69) is 0 Å².